The normalized spacial score (nSPS) is 14.1. The number of carboxylic acid groups (broad SMARTS) is 2. The van der Waals surface area contributed by atoms with Crippen LogP contribution in [0.4, 0.5) is 0 Å². The van der Waals surface area contributed by atoms with Gasteiger partial charge in [0.05, 0.1) is 18.8 Å². The van der Waals surface area contributed by atoms with Crippen molar-refractivity contribution in [2.45, 2.75) is 63.7 Å². The van der Waals surface area contributed by atoms with Crippen LogP contribution in [0.3, 0.4) is 0 Å². The zero-order chi connectivity index (χ0) is 30.1. The quantitative estimate of drug-likeness (QED) is 0.123. The van der Waals surface area contributed by atoms with Crippen LogP contribution in [-0.2, 0) is 36.8 Å². The Kier molecular flexibility index (Phi) is 10.6. The van der Waals surface area contributed by atoms with Gasteiger partial charge in [0.15, 0.2) is 0 Å². The molecule has 0 aliphatic rings. The van der Waals surface area contributed by atoms with E-state index in [1.807, 2.05) is 38.1 Å². The van der Waals surface area contributed by atoms with Crippen molar-refractivity contribution in [2.24, 2.45) is 11.7 Å². The van der Waals surface area contributed by atoms with Crippen LogP contribution in [0.1, 0.15) is 37.9 Å². The Bertz CT molecular complexity index is 1370. The van der Waals surface area contributed by atoms with E-state index in [-0.39, 0.29) is 25.2 Å². The number of benzene rings is 1. The topological polar surface area (TPSA) is 232 Å². The van der Waals surface area contributed by atoms with Crippen molar-refractivity contribution in [2.75, 3.05) is 0 Å². The van der Waals surface area contributed by atoms with E-state index in [2.05, 4.69) is 30.9 Å². The first-order valence-electron chi connectivity index (χ1n) is 13.1. The molecule has 9 N–H and O–H groups in total. The molecule has 2 heterocycles. The van der Waals surface area contributed by atoms with Gasteiger partial charge < -0.3 is 41.9 Å². The van der Waals surface area contributed by atoms with E-state index in [9.17, 15) is 29.1 Å². The minimum atomic E-state index is -1.40. The SMILES string of the molecule is CC(C)C[C@H](NC(=O)[C@H](Cc1cnc[nH]1)NC(=O)[C@@H](N)CC(=O)O)C(=O)N[C@@H](Cc1c[nH]c2ccccc12)C(=O)O. The third-order valence-corrected chi connectivity index (χ3v) is 6.40. The second-order valence-corrected chi connectivity index (χ2v) is 10.2. The Morgan fingerprint density at radius 1 is 0.902 bits per heavy atom. The minimum Gasteiger partial charge on any atom is -0.481 e. The van der Waals surface area contributed by atoms with Gasteiger partial charge in [-0.3, -0.25) is 19.2 Å². The van der Waals surface area contributed by atoms with Gasteiger partial charge in [0.1, 0.15) is 18.1 Å². The average molecular weight is 570 g/mol. The van der Waals surface area contributed by atoms with E-state index in [4.69, 9.17) is 10.8 Å². The maximum atomic E-state index is 13.4. The molecule has 0 saturated heterocycles. The molecule has 0 aliphatic heterocycles. The summed E-state index contributed by atoms with van der Waals surface area (Å²) in [5, 5.41) is 27.3. The number of aromatic amines is 2. The van der Waals surface area contributed by atoms with Crippen LogP contribution in [-0.4, -0.2) is 79.0 Å². The largest absolute Gasteiger partial charge is 0.481 e. The number of H-pyrrole nitrogens is 2. The summed E-state index contributed by atoms with van der Waals surface area (Å²) in [7, 11) is 0. The summed E-state index contributed by atoms with van der Waals surface area (Å²) >= 11 is 0. The first kappa shape index (κ1) is 30.8. The molecule has 1 aromatic carbocycles. The monoisotopic (exact) mass is 569 g/mol. The molecule has 0 aliphatic carbocycles. The van der Waals surface area contributed by atoms with Gasteiger partial charge in [0.2, 0.25) is 17.7 Å². The van der Waals surface area contributed by atoms with Gasteiger partial charge in [0.25, 0.3) is 0 Å². The second-order valence-electron chi connectivity index (χ2n) is 10.2. The number of rotatable bonds is 15. The molecule has 3 aromatic rings. The fourth-order valence-electron chi connectivity index (χ4n) is 4.35. The number of hydrogen-bond acceptors (Lipinski definition) is 7. The van der Waals surface area contributed by atoms with E-state index >= 15 is 0 Å². The Morgan fingerprint density at radius 2 is 1.56 bits per heavy atom. The van der Waals surface area contributed by atoms with Crippen molar-refractivity contribution in [1.29, 1.82) is 0 Å². The fraction of sp³-hybridized carbons (Fsp3) is 0.407. The zero-order valence-corrected chi connectivity index (χ0v) is 22.7. The molecule has 220 valence electrons. The van der Waals surface area contributed by atoms with Crippen molar-refractivity contribution in [3.05, 3.63) is 54.2 Å². The molecule has 41 heavy (non-hydrogen) atoms. The van der Waals surface area contributed by atoms with E-state index in [0.717, 1.165) is 10.9 Å². The molecule has 0 spiro atoms. The van der Waals surface area contributed by atoms with Crippen molar-refractivity contribution < 1.29 is 34.2 Å². The predicted molar refractivity (Wildman–Crippen MR) is 147 cm³/mol. The molecule has 0 fully saturated rings. The summed E-state index contributed by atoms with van der Waals surface area (Å²) in [4.78, 5) is 72.1. The maximum absolute atomic E-state index is 13.4. The standard InChI is InChI=1S/C27H35N7O7/c1-14(2)7-20(25(38)34-22(27(40)41)8-15-11-30-19-6-4-3-5-17(15)19)33-26(39)21(9-16-12-29-13-31-16)32-24(37)18(28)10-23(35)36/h3-6,11-14,18,20-22,30H,7-10,28H2,1-2H3,(H,29,31)(H,32,37)(H,33,39)(H,34,38)(H,35,36)(H,40,41)/t18-,20-,21-,22-/m0/s1. The number of carbonyl (C=O) groups is 5. The van der Waals surface area contributed by atoms with E-state index in [1.54, 1.807) is 6.20 Å². The summed E-state index contributed by atoms with van der Waals surface area (Å²) in [5.74, 6) is -4.88. The molecule has 14 nitrogen and oxygen atoms in total. The van der Waals surface area contributed by atoms with Gasteiger partial charge in [0, 0.05) is 41.8 Å². The number of nitrogens with two attached hydrogens (primary N) is 1. The molecule has 4 atom stereocenters. The fourth-order valence-corrected chi connectivity index (χ4v) is 4.35. The van der Waals surface area contributed by atoms with Crippen molar-refractivity contribution in [1.82, 2.24) is 30.9 Å². The smallest absolute Gasteiger partial charge is 0.326 e. The second kappa shape index (κ2) is 14.1. The van der Waals surface area contributed by atoms with Gasteiger partial charge in [-0.05, 0) is 24.0 Å². The Hall–Kier alpha value is -4.72. The van der Waals surface area contributed by atoms with E-state index in [0.29, 0.717) is 11.3 Å². The molecule has 0 saturated carbocycles. The number of fused-ring (bicyclic) bond motifs is 1. The molecular weight excluding hydrogens is 534 g/mol. The summed E-state index contributed by atoms with van der Waals surface area (Å²) in [6, 6.07) is 2.35. The number of imidazole rings is 1. The number of carbonyl (C=O) groups excluding carboxylic acids is 3. The van der Waals surface area contributed by atoms with Crippen molar-refractivity contribution >= 4 is 40.6 Å². The van der Waals surface area contributed by atoms with Crippen molar-refractivity contribution in [3.63, 3.8) is 0 Å². The van der Waals surface area contributed by atoms with E-state index < -0.39 is 60.2 Å². The lowest BCUT2D eigenvalue weighted by atomic mass is 10.0. The first-order chi connectivity index (χ1) is 19.4. The number of aromatic nitrogens is 3. The van der Waals surface area contributed by atoms with Crippen LogP contribution in [0.2, 0.25) is 0 Å². The molecule has 2 aromatic heterocycles. The average Bonchev–Trinajstić information content (AvgIpc) is 3.56. The van der Waals surface area contributed by atoms with Crippen LogP contribution in [0.5, 0.6) is 0 Å². The Balaban J connectivity index is 1.76. The summed E-state index contributed by atoms with van der Waals surface area (Å²) in [6.45, 7) is 3.67. The van der Waals surface area contributed by atoms with Crippen LogP contribution >= 0.6 is 0 Å². The minimum absolute atomic E-state index is 0.00735. The van der Waals surface area contributed by atoms with Crippen LogP contribution in [0, 0.1) is 5.92 Å². The summed E-state index contributed by atoms with van der Waals surface area (Å²) in [6.07, 6.45) is 4.02. The highest BCUT2D eigenvalue weighted by Gasteiger charge is 2.31. The highest BCUT2D eigenvalue weighted by Crippen LogP contribution is 2.19. The number of carboxylic acids is 2. The van der Waals surface area contributed by atoms with Gasteiger partial charge in [-0.1, -0.05) is 32.0 Å². The zero-order valence-electron chi connectivity index (χ0n) is 22.7. The third-order valence-electron chi connectivity index (χ3n) is 6.40. The molecule has 0 unspecified atom stereocenters. The lowest BCUT2D eigenvalue weighted by molar-refractivity contribution is -0.142. The van der Waals surface area contributed by atoms with Gasteiger partial charge in [-0.25, -0.2) is 9.78 Å². The van der Waals surface area contributed by atoms with Crippen LogP contribution in [0.25, 0.3) is 10.9 Å². The summed E-state index contributed by atoms with van der Waals surface area (Å²) in [5.41, 5.74) is 7.69. The number of hydrogen-bond donors (Lipinski definition) is 8. The van der Waals surface area contributed by atoms with Gasteiger partial charge in [-0.2, -0.15) is 0 Å². The number of aliphatic carboxylic acids is 2. The maximum Gasteiger partial charge on any atom is 0.326 e. The van der Waals surface area contributed by atoms with Gasteiger partial charge in [-0.15, -0.1) is 0 Å². The predicted octanol–water partition coefficient (Wildman–Crippen LogP) is 0.0633. The molecule has 3 rings (SSSR count). The number of amides is 3. The lowest BCUT2D eigenvalue weighted by Crippen LogP contribution is -2.58. The highest BCUT2D eigenvalue weighted by molar-refractivity contribution is 5.95. The molecule has 3 amide bonds. The number of nitrogens with zero attached hydrogens (tertiary/aromatic N) is 1. The molecule has 0 bridgehead atoms. The van der Waals surface area contributed by atoms with Crippen LogP contribution in [0.15, 0.2) is 43.0 Å². The van der Waals surface area contributed by atoms with Gasteiger partial charge >= 0.3 is 11.9 Å². The summed E-state index contributed by atoms with van der Waals surface area (Å²) < 4.78 is 0. The first-order valence-corrected chi connectivity index (χ1v) is 13.1. The highest BCUT2D eigenvalue weighted by atomic mass is 16.4. The Labute approximate surface area is 235 Å². The number of nitrogens with one attached hydrogen (secondary N) is 5. The van der Waals surface area contributed by atoms with Crippen LogP contribution < -0.4 is 21.7 Å². The lowest BCUT2D eigenvalue weighted by Gasteiger charge is -2.26. The Morgan fingerprint density at radius 3 is 2.20 bits per heavy atom. The number of para-hydroxylation sites is 1. The third kappa shape index (κ3) is 8.89. The molecule has 14 heteroatoms. The molecule has 0 radical (unpaired) electrons. The molecular formula is C27H35N7O7. The van der Waals surface area contributed by atoms with Crippen molar-refractivity contribution in [3.8, 4) is 0 Å². The van der Waals surface area contributed by atoms with E-state index in [1.165, 1.54) is 12.5 Å².